The summed E-state index contributed by atoms with van der Waals surface area (Å²) in [5, 5.41) is 13.6. The second kappa shape index (κ2) is 14.4. The Morgan fingerprint density at radius 3 is 2.36 bits per heavy atom. The number of imidazole rings is 1. The first kappa shape index (κ1) is 35.8. The number of thiazole rings is 1. The first-order chi connectivity index (χ1) is 25.4. The summed E-state index contributed by atoms with van der Waals surface area (Å²) in [5.74, 6) is 1.02. The Morgan fingerprint density at radius 2 is 1.72 bits per heavy atom. The molecule has 0 saturated carbocycles. The van der Waals surface area contributed by atoms with Crippen molar-refractivity contribution in [3.05, 3.63) is 71.4 Å². The highest BCUT2D eigenvalue weighted by Crippen LogP contribution is 2.37. The fourth-order valence-corrected chi connectivity index (χ4v) is 7.45. The molecule has 0 unspecified atom stereocenters. The van der Waals surface area contributed by atoms with E-state index in [9.17, 15) is 19.2 Å². The minimum Gasteiger partial charge on any atom is -0.444 e. The number of benzene rings is 1. The van der Waals surface area contributed by atoms with Crippen molar-refractivity contribution in [2.45, 2.75) is 58.6 Å². The maximum Gasteiger partial charge on any atom is 0.410 e. The van der Waals surface area contributed by atoms with E-state index in [0.717, 1.165) is 28.3 Å². The van der Waals surface area contributed by atoms with Gasteiger partial charge in [0.25, 0.3) is 0 Å². The molecule has 274 valence electrons. The van der Waals surface area contributed by atoms with Gasteiger partial charge in [-0.3, -0.25) is 9.20 Å². The van der Waals surface area contributed by atoms with Crippen LogP contribution in [-0.4, -0.2) is 86.1 Å². The third-order valence-corrected chi connectivity index (χ3v) is 10.5. The Kier molecular flexibility index (Phi) is 9.73. The van der Waals surface area contributed by atoms with Gasteiger partial charge >= 0.3 is 6.09 Å². The Labute approximate surface area is 311 Å². The molecule has 0 aliphatic carbocycles. The number of hydrogen-bond acceptors (Lipinski definition) is 11. The zero-order valence-corrected chi connectivity index (χ0v) is 31.2. The van der Waals surface area contributed by atoms with Crippen molar-refractivity contribution >= 4 is 45.9 Å². The van der Waals surface area contributed by atoms with E-state index in [1.807, 2.05) is 74.8 Å². The number of pyridine rings is 1. The maximum absolute atomic E-state index is 13.6. The molecule has 6 heterocycles. The number of nitriles is 1. The van der Waals surface area contributed by atoms with Gasteiger partial charge in [0.05, 0.1) is 11.7 Å². The second-order valence-electron chi connectivity index (χ2n) is 14.4. The van der Waals surface area contributed by atoms with Gasteiger partial charge in [0.1, 0.15) is 39.5 Å². The third-order valence-electron chi connectivity index (χ3n) is 9.44. The van der Waals surface area contributed by atoms with Gasteiger partial charge in [-0.1, -0.05) is 18.3 Å². The summed E-state index contributed by atoms with van der Waals surface area (Å²) >= 11 is 1.27. The average molecular weight is 737 g/mol. The minimum absolute atomic E-state index is 0.0228. The standard InChI is InChI=1S/C38H41FN10O3S/c1-6-29-34(46(5)36-45-32(30(17-40)53-36)23-7-10-27(39)11-8-23)49-20-25(9-12-31(49)44-29)26-18-41-35(42-19-26)47-15-13-24(14-16-47)33(50)43-28-21-48(22-28)37(51)52-38(2,3)4/h7-12,18-20,24,28H,6,13-16,21-22H2,1-5H3,(H,43,50). The fourth-order valence-electron chi connectivity index (χ4n) is 6.61. The number of nitrogens with zero attached hydrogens (tertiary/aromatic N) is 9. The van der Waals surface area contributed by atoms with Crippen molar-refractivity contribution in [1.82, 2.24) is 34.6 Å². The highest BCUT2D eigenvalue weighted by molar-refractivity contribution is 7.16. The number of hydrogen-bond donors (Lipinski definition) is 1. The molecule has 7 rings (SSSR count). The van der Waals surface area contributed by atoms with Crippen LogP contribution in [0.1, 0.15) is 51.1 Å². The first-order valence-electron chi connectivity index (χ1n) is 17.7. The maximum atomic E-state index is 13.6. The summed E-state index contributed by atoms with van der Waals surface area (Å²) in [5.41, 5.74) is 4.02. The van der Waals surface area contributed by atoms with Crippen LogP contribution < -0.4 is 15.1 Å². The number of anilines is 3. The molecule has 2 fully saturated rings. The van der Waals surface area contributed by atoms with E-state index in [4.69, 9.17) is 24.7 Å². The number of aromatic nitrogens is 5. The van der Waals surface area contributed by atoms with E-state index in [1.165, 1.54) is 23.5 Å². The molecular weight excluding hydrogens is 696 g/mol. The number of likely N-dealkylation sites (tertiary alicyclic amines) is 1. The summed E-state index contributed by atoms with van der Waals surface area (Å²) in [6, 6.07) is 12.1. The number of amides is 2. The number of fused-ring (bicyclic) bond motifs is 1. The lowest BCUT2D eigenvalue weighted by atomic mass is 9.95. The molecule has 2 aliphatic heterocycles. The fraction of sp³-hybridized carbons (Fsp3) is 0.395. The Hall–Kier alpha value is -5.62. The van der Waals surface area contributed by atoms with Crippen molar-refractivity contribution in [2.24, 2.45) is 5.92 Å². The number of halogens is 1. The minimum atomic E-state index is -0.549. The molecule has 2 aliphatic rings. The summed E-state index contributed by atoms with van der Waals surface area (Å²) in [6.45, 7) is 9.79. The van der Waals surface area contributed by atoms with Gasteiger partial charge in [-0.05, 0) is 76.4 Å². The third kappa shape index (κ3) is 7.50. The molecule has 2 amide bonds. The van der Waals surface area contributed by atoms with Gasteiger partial charge in [0, 0.05) is 74.4 Å². The molecule has 15 heteroatoms. The molecule has 0 atom stereocenters. The number of rotatable bonds is 8. The topological polar surface area (TPSA) is 145 Å². The molecule has 0 radical (unpaired) electrons. The van der Waals surface area contributed by atoms with E-state index < -0.39 is 5.60 Å². The Morgan fingerprint density at radius 1 is 1.04 bits per heavy atom. The van der Waals surface area contributed by atoms with Crippen LogP contribution in [-0.2, 0) is 16.0 Å². The van der Waals surface area contributed by atoms with Crippen LogP contribution in [0.5, 0.6) is 0 Å². The monoisotopic (exact) mass is 736 g/mol. The number of aryl methyl sites for hydroxylation is 1. The van der Waals surface area contributed by atoms with E-state index in [2.05, 4.69) is 16.3 Å². The molecule has 13 nitrogen and oxygen atoms in total. The van der Waals surface area contributed by atoms with Crippen LogP contribution >= 0.6 is 11.3 Å². The zero-order chi connectivity index (χ0) is 37.4. The molecule has 53 heavy (non-hydrogen) atoms. The highest BCUT2D eigenvalue weighted by Gasteiger charge is 2.36. The molecule has 0 bridgehead atoms. The normalized spacial score (nSPS) is 15.3. The molecule has 5 aromatic rings. The number of nitrogens with one attached hydrogen (secondary N) is 1. The van der Waals surface area contributed by atoms with Crippen molar-refractivity contribution in [2.75, 3.05) is 43.0 Å². The van der Waals surface area contributed by atoms with Gasteiger partial charge in [0.15, 0.2) is 5.13 Å². The quantitative estimate of drug-likeness (QED) is 0.195. The van der Waals surface area contributed by atoms with E-state index in [0.29, 0.717) is 72.7 Å². The number of carbonyl (C=O) groups excluding carboxylic acids is 2. The lowest BCUT2D eigenvalue weighted by Crippen LogP contribution is -2.62. The average Bonchev–Trinajstić information content (AvgIpc) is 3.74. The Balaban J connectivity index is 1.01. The summed E-state index contributed by atoms with van der Waals surface area (Å²) in [4.78, 5) is 50.4. The van der Waals surface area contributed by atoms with E-state index >= 15 is 0 Å². The van der Waals surface area contributed by atoms with Gasteiger partial charge in [-0.25, -0.2) is 29.1 Å². The Bertz CT molecular complexity index is 2170. The van der Waals surface area contributed by atoms with E-state index in [-0.39, 0.29) is 29.8 Å². The largest absolute Gasteiger partial charge is 0.444 e. The SMILES string of the molecule is CCc1nc2ccc(-c3cnc(N4CCC(C(=O)NC5CN(C(=O)OC(C)(C)C)C5)CC4)nc3)cn2c1N(C)c1nc(-c2ccc(F)cc2)c(C#N)s1. The predicted octanol–water partition coefficient (Wildman–Crippen LogP) is 6.21. The van der Waals surface area contributed by atoms with Crippen LogP contribution in [0.25, 0.3) is 28.0 Å². The molecule has 4 aromatic heterocycles. The molecule has 1 N–H and O–H groups in total. The van der Waals surface area contributed by atoms with Crippen LogP contribution in [0, 0.1) is 23.1 Å². The summed E-state index contributed by atoms with van der Waals surface area (Å²) in [6.07, 6.45) is 7.33. The van der Waals surface area contributed by atoms with Crippen LogP contribution in [0.15, 0.2) is 55.0 Å². The van der Waals surface area contributed by atoms with Crippen molar-refractivity contribution < 1.29 is 18.7 Å². The number of carbonyl (C=O) groups is 2. The van der Waals surface area contributed by atoms with Crippen molar-refractivity contribution in [3.63, 3.8) is 0 Å². The van der Waals surface area contributed by atoms with Gasteiger partial charge < -0.3 is 24.8 Å². The zero-order valence-electron chi connectivity index (χ0n) is 30.3. The second-order valence-corrected chi connectivity index (χ2v) is 15.3. The molecule has 1 aromatic carbocycles. The van der Waals surface area contributed by atoms with Crippen molar-refractivity contribution in [3.8, 4) is 28.5 Å². The van der Waals surface area contributed by atoms with Gasteiger partial charge in [-0.15, -0.1) is 0 Å². The van der Waals surface area contributed by atoms with E-state index in [1.54, 1.807) is 17.0 Å². The van der Waals surface area contributed by atoms with Crippen molar-refractivity contribution in [1.29, 1.82) is 5.26 Å². The van der Waals surface area contributed by atoms with Crippen LogP contribution in [0.3, 0.4) is 0 Å². The molecular formula is C38H41FN10O3S. The van der Waals surface area contributed by atoms with Crippen LogP contribution in [0.4, 0.5) is 26.1 Å². The lowest BCUT2D eigenvalue weighted by molar-refractivity contribution is -0.127. The summed E-state index contributed by atoms with van der Waals surface area (Å²) < 4.78 is 21.0. The smallest absolute Gasteiger partial charge is 0.410 e. The van der Waals surface area contributed by atoms with Gasteiger partial charge in [0.2, 0.25) is 11.9 Å². The van der Waals surface area contributed by atoms with Crippen LogP contribution in [0.2, 0.25) is 0 Å². The predicted molar refractivity (Wildman–Crippen MR) is 201 cm³/mol. The first-order valence-corrected chi connectivity index (χ1v) is 18.5. The lowest BCUT2D eigenvalue weighted by Gasteiger charge is -2.41. The number of piperidine rings is 1. The van der Waals surface area contributed by atoms with Gasteiger partial charge in [-0.2, -0.15) is 5.26 Å². The highest BCUT2D eigenvalue weighted by atomic mass is 32.1. The summed E-state index contributed by atoms with van der Waals surface area (Å²) in [7, 11) is 1.90. The molecule has 0 spiro atoms. The number of ether oxygens (including phenoxy) is 1. The molecule has 2 saturated heterocycles.